The first kappa shape index (κ1) is 30.4. The van der Waals surface area contributed by atoms with Gasteiger partial charge in [0.15, 0.2) is 11.5 Å². The van der Waals surface area contributed by atoms with Gasteiger partial charge in [0.2, 0.25) is 0 Å². The lowest BCUT2D eigenvalue weighted by atomic mass is 10.2. The quantitative estimate of drug-likeness (QED) is 0.155. The number of hydrazone groups is 1. The number of carbonyl (C=O) groups excluding carboxylic acids is 1. The highest BCUT2D eigenvalue weighted by Gasteiger charge is 2.27. The average molecular weight is 608 g/mol. The van der Waals surface area contributed by atoms with Gasteiger partial charge in [0.1, 0.15) is 18.9 Å². The molecule has 0 aliphatic rings. The van der Waals surface area contributed by atoms with E-state index in [4.69, 9.17) is 25.8 Å². The van der Waals surface area contributed by atoms with Crippen LogP contribution in [-0.4, -0.2) is 40.8 Å². The first-order chi connectivity index (χ1) is 20.3. The predicted molar refractivity (Wildman–Crippen MR) is 163 cm³/mol. The number of carbonyl (C=O) groups is 1. The van der Waals surface area contributed by atoms with Crippen LogP contribution >= 0.6 is 11.6 Å². The summed E-state index contributed by atoms with van der Waals surface area (Å²) in [7, 11) is -2.58. The molecule has 0 unspecified atom stereocenters. The molecule has 0 aliphatic heterocycles. The predicted octanol–water partition coefficient (Wildman–Crippen LogP) is 5.67. The first-order valence-corrected chi connectivity index (χ1v) is 14.8. The Morgan fingerprint density at radius 1 is 0.929 bits per heavy atom. The van der Waals surface area contributed by atoms with Gasteiger partial charge < -0.3 is 14.2 Å². The van der Waals surface area contributed by atoms with Crippen molar-refractivity contribution in [1.29, 1.82) is 0 Å². The normalized spacial score (nSPS) is 11.2. The average Bonchev–Trinajstić information content (AvgIpc) is 3.00. The Morgan fingerprint density at radius 2 is 1.69 bits per heavy atom. The summed E-state index contributed by atoms with van der Waals surface area (Å²) in [6.07, 6.45) is 1.44. The fraction of sp³-hybridized carbons (Fsp3) is 0.161. The van der Waals surface area contributed by atoms with Crippen molar-refractivity contribution in [2.75, 3.05) is 24.6 Å². The summed E-state index contributed by atoms with van der Waals surface area (Å²) >= 11 is 6.06. The molecule has 0 aromatic heterocycles. The summed E-state index contributed by atoms with van der Waals surface area (Å²) < 4.78 is 44.8. The fourth-order valence-corrected chi connectivity index (χ4v) is 5.54. The Morgan fingerprint density at radius 3 is 2.38 bits per heavy atom. The van der Waals surface area contributed by atoms with Gasteiger partial charge in [0.05, 0.1) is 30.5 Å². The standard InChI is InChI=1S/C31H30ClN3O6S/c1-3-40-30-19-23(12-17-29(30)41-22-24-8-7-9-25(32)18-24)20-33-34-31(36)21-35(26-10-5-4-6-11-26)42(37,38)28-15-13-27(39-2)14-16-28/h4-20H,3,21-22H2,1-2H3,(H,34,36)/b33-20-. The van der Waals surface area contributed by atoms with Crippen molar-refractivity contribution in [3.8, 4) is 17.2 Å². The van der Waals surface area contributed by atoms with E-state index in [1.54, 1.807) is 66.7 Å². The van der Waals surface area contributed by atoms with Gasteiger partial charge >= 0.3 is 0 Å². The molecule has 4 rings (SSSR count). The summed E-state index contributed by atoms with van der Waals surface area (Å²) in [6.45, 7) is 2.10. The van der Waals surface area contributed by atoms with E-state index < -0.39 is 22.5 Å². The zero-order chi connectivity index (χ0) is 30.0. The minimum absolute atomic E-state index is 0.0181. The van der Waals surface area contributed by atoms with E-state index in [2.05, 4.69) is 10.5 Å². The fourth-order valence-electron chi connectivity index (χ4n) is 3.91. The van der Waals surface area contributed by atoms with Gasteiger partial charge in [0, 0.05) is 5.02 Å². The topological polar surface area (TPSA) is 107 Å². The number of anilines is 1. The number of para-hydroxylation sites is 1. The second-order valence-corrected chi connectivity index (χ2v) is 11.2. The van der Waals surface area contributed by atoms with Crippen LogP contribution in [0.15, 0.2) is 107 Å². The monoisotopic (exact) mass is 607 g/mol. The van der Waals surface area contributed by atoms with Crippen molar-refractivity contribution in [2.45, 2.75) is 18.4 Å². The number of sulfonamides is 1. The highest BCUT2D eigenvalue weighted by atomic mass is 35.5. The highest BCUT2D eigenvalue weighted by Crippen LogP contribution is 2.29. The summed E-state index contributed by atoms with van der Waals surface area (Å²) in [5.41, 5.74) is 4.30. The molecule has 0 saturated carbocycles. The molecular weight excluding hydrogens is 578 g/mol. The minimum atomic E-state index is -4.07. The van der Waals surface area contributed by atoms with Gasteiger partial charge in [-0.2, -0.15) is 5.10 Å². The Hall–Kier alpha value is -4.54. The van der Waals surface area contributed by atoms with Crippen molar-refractivity contribution >= 4 is 39.4 Å². The minimum Gasteiger partial charge on any atom is -0.497 e. The molecule has 4 aromatic carbocycles. The van der Waals surface area contributed by atoms with Crippen molar-refractivity contribution in [1.82, 2.24) is 5.43 Å². The molecule has 0 heterocycles. The Kier molecular flexibility index (Phi) is 10.4. The number of hydrogen-bond donors (Lipinski definition) is 1. The molecular formula is C31H30ClN3O6S. The van der Waals surface area contributed by atoms with Crippen molar-refractivity contribution in [3.05, 3.63) is 113 Å². The third kappa shape index (κ3) is 8.02. The summed E-state index contributed by atoms with van der Waals surface area (Å²) in [6, 6.07) is 27.0. The SMILES string of the molecule is CCOc1cc(/C=N\NC(=O)CN(c2ccccc2)S(=O)(=O)c2ccc(OC)cc2)ccc1OCc1cccc(Cl)c1. The van der Waals surface area contributed by atoms with E-state index in [9.17, 15) is 13.2 Å². The molecule has 0 fully saturated rings. The molecule has 0 spiro atoms. The number of amides is 1. The van der Waals surface area contributed by atoms with E-state index in [0.717, 1.165) is 9.87 Å². The number of nitrogens with one attached hydrogen (secondary N) is 1. The maximum atomic E-state index is 13.5. The molecule has 1 N–H and O–H groups in total. The molecule has 0 aliphatic carbocycles. The van der Waals surface area contributed by atoms with Gasteiger partial charge in [-0.15, -0.1) is 0 Å². The van der Waals surface area contributed by atoms with Gasteiger partial charge in [-0.1, -0.05) is 41.9 Å². The summed E-state index contributed by atoms with van der Waals surface area (Å²) in [5, 5.41) is 4.65. The molecule has 0 radical (unpaired) electrons. The second kappa shape index (κ2) is 14.4. The van der Waals surface area contributed by atoms with Gasteiger partial charge in [-0.3, -0.25) is 9.10 Å². The van der Waals surface area contributed by atoms with Crippen LogP contribution in [0.2, 0.25) is 5.02 Å². The molecule has 0 saturated heterocycles. The molecule has 0 atom stereocenters. The van der Waals surface area contributed by atoms with Crippen molar-refractivity contribution < 1.29 is 27.4 Å². The van der Waals surface area contributed by atoms with Gasteiger partial charge in [-0.05, 0) is 84.8 Å². The number of methoxy groups -OCH3 is 1. The lowest BCUT2D eigenvalue weighted by Crippen LogP contribution is -2.39. The number of nitrogens with zero attached hydrogens (tertiary/aromatic N) is 2. The third-order valence-electron chi connectivity index (χ3n) is 5.93. The number of benzene rings is 4. The molecule has 4 aromatic rings. The van der Waals surface area contributed by atoms with E-state index in [1.807, 2.05) is 25.1 Å². The number of rotatable bonds is 13. The Balaban J connectivity index is 1.45. The van der Waals surface area contributed by atoms with Crippen LogP contribution in [0, 0.1) is 0 Å². The molecule has 218 valence electrons. The lowest BCUT2D eigenvalue weighted by Gasteiger charge is -2.23. The van der Waals surface area contributed by atoms with Crippen molar-refractivity contribution in [2.24, 2.45) is 5.10 Å². The number of ether oxygens (including phenoxy) is 3. The Bertz CT molecular complexity index is 1630. The lowest BCUT2D eigenvalue weighted by molar-refractivity contribution is -0.119. The van der Waals surface area contributed by atoms with E-state index >= 15 is 0 Å². The van der Waals surface area contributed by atoms with Crippen LogP contribution in [-0.2, 0) is 21.4 Å². The third-order valence-corrected chi connectivity index (χ3v) is 7.96. The second-order valence-electron chi connectivity index (χ2n) is 8.87. The van der Waals surface area contributed by atoms with E-state index in [0.29, 0.717) is 46.7 Å². The van der Waals surface area contributed by atoms with Crippen molar-refractivity contribution in [3.63, 3.8) is 0 Å². The molecule has 11 heteroatoms. The van der Waals surface area contributed by atoms with E-state index in [-0.39, 0.29) is 4.90 Å². The van der Waals surface area contributed by atoms with Crippen LogP contribution in [0.3, 0.4) is 0 Å². The van der Waals surface area contributed by atoms with Crippen LogP contribution in [0.5, 0.6) is 17.2 Å². The van der Waals surface area contributed by atoms with Crippen LogP contribution in [0.4, 0.5) is 5.69 Å². The van der Waals surface area contributed by atoms with Gasteiger partial charge in [0.25, 0.3) is 15.9 Å². The molecule has 0 bridgehead atoms. The van der Waals surface area contributed by atoms with Crippen LogP contribution < -0.4 is 23.9 Å². The Labute approximate surface area is 250 Å². The largest absolute Gasteiger partial charge is 0.497 e. The molecule has 42 heavy (non-hydrogen) atoms. The van der Waals surface area contributed by atoms with Crippen LogP contribution in [0.1, 0.15) is 18.1 Å². The van der Waals surface area contributed by atoms with E-state index in [1.165, 1.54) is 25.5 Å². The molecule has 1 amide bonds. The number of hydrogen-bond acceptors (Lipinski definition) is 7. The zero-order valence-corrected chi connectivity index (χ0v) is 24.6. The zero-order valence-electron chi connectivity index (χ0n) is 23.1. The highest BCUT2D eigenvalue weighted by molar-refractivity contribution is 7.92. The first-order valence-electron chi connectivity index (χ1n) is 13.0. The summed E-state index contributed by atoms with van der Waals surface area (Å²) in [4.78, 5) is 12.9. The van der Waals surface area contributed by atoms with Crippen LogP contribution in [0.25, 0.3) is 0 Å². The smallest absolute Gasteiger partial charge is 0.264 e. The maximum absolute atomic E-state index is 13.5. The number of halogens is 1. The van der Waals surface area contributed by atoms with Gasteiger partial charge in [-0.25, -0.2) is 13.8 Å². The summed E-state index contributed by atoms with van der Waals surface area (Å²) in [5.74, 6) is 0.940. The molecule has 9 nitrogen and oxygen atoms in total. The maximum Gasteiger partial charge on any atom is 0.264 e.